The molecule has 3 N–H and O–H groups in total. The summed E-state index contributed by atoms with van der Waals surface area (Å²) in [5.41, 5.74) is 0. The molecule has 7 heteroatoms. The van der Waals surface area contributed by atoms with Crippen molar-refractivity contribution in [3.8, 4) is 0 Å². The standard InChI is InChI=1S/H3O5P.V/c1-5-6(2,3)4;/h1H,(H2,2,3,4);. The zero-order valence-electron chi connectivity index (χ0n) is 3.05. The Balaban J connectivity index is 0. The van der Waals surface area contributed by atoms with Crippen molar-refractivity contribution in [3.63, 3.8) is 0 Å². The molecule has 0 rings (SSSR count). The molecule has 1 radical (unpaired) electrons. The van der Waals surface area contributed by atoms with Crippen LogP contribution in [0.2, 0.25) is 0 Å². The summed E-state index contributed by atoms with van der Waals surface area (Å²) < 4.78 is 11.8. The van der Waals surface area contributed by atoms with Crippen LogP contribution in [0.25, 0.3) is 0 Å². The van der Waals surface area contributed by atoms with E-state index in [9.17, 15) is 4.57 Å². The van der Waals surface area contributed by atoms with Gasteiger partial charge in [0, 0.05) is 18.6 Å². The Bertz CT molecular complexity index is 72.1. The van der Waals surface area contributed by atoms with Crippen LogP contribution in [0.4, 0.5) is 0 Å². The Morgan fingerprint density at radius 1 is 1.43 bits per heavy atom. The van der Waals surface area contributed by atoms with Crippen molar-refractivity contribution < 1.29 is 42.8 Å². The van der Waals surface area contributed by atoms with Crippen molar-refractivity contribution in [2.24, 2.45) is 0 Å². The van der Waals surface area contributed by atoms with E-state index in [-0.39, 0.29) is 18.6 Å². The van der Waals surface area contributed by atoms with Gasteiger partial charge in [-0.3, -0.25) is 0 Å². The van der Waals surface area contributed by atoms with Crippen LogP contribution in [0.1, 0.15) is 0 Å². The van der Waals surface area contributed by atoms with Crippen LogP contribution in [0.5, 0.6) is 0 Å². The minimum absolute atomic E-state index is 0. The first-order valence-corrected chi connectivity index (χ1v) is 2.48. The molecule has 0 fully saturated rings. The molecule has 0 aromatic heterocycles. The maximum atomic E-state index is 9.22. The molecule has 0 saturated carbocycles. The second kappa shape index (κ2) is 3.63. The molecular formula is H3O5PV. The molecule has 0 atom stereocenters. The van der Waals surface area contributed by atoms with E-state index < -0.39 is 7.82 Å². The van der Waals surface area contributed by atoms with Crippen molar-refractivity contribution in [2.45, 2.75) is 0 Å². The second-order valence-electron chi connectivity index (χ2n) is 0.572. The zero-order valence-corrected chi connectivity index (χ0v) is 5.34. The monoisotopic (exact) mass is 165 g/mol. The molecule has 0 aliphatic rings. The van der Waals surface area contributed by atoms with Crippen LogP contribution in [0, 0.1) is 0 Å². The largest absolute Gasteiger partial charge is 0.496 e. The average Bonchev–Trinajstić information content (AvgIpc) is 1.35. The molecule has 7 heavy (non-hydrogen) atoms. The predicted octanol–water partition coefficient (Wildman–Crippen LogP) is -0.434. The average molecular weight is 165 g/mol. The van der Waals surface area contributed by atoms with E-state index >= 15 is 0 Å². The molecule has 43 valence electrons. The predicted molar refractivity (Wildman–Crippen MR) is 15.8 cm³/mol. The summed E-state index contributed by atoms with van der Waals surface area (Å²) in [5, 5.41) is 7.14. The van der Waals surface area contributed by atoms with Gasteiger partial charge < -0.3 is 9.79 Å². The molecule has 0 aromatic carbocycles. The Kier molecular flexibility index (Phi) is 5.50. The van der Waals surface area contributed by atoms with Crippen molar-refractivity contribution in [1.29, 1.82) is 0 Å². The Hall–Kier alpha value is 0.654. The van der Waals surface area contributed by atoms with E-state index in [4.69, 9.17) is 15.0 Å². The fraction of sp³-hybridized carbons (Fsp3) is 0. The van der Waals surface area contributed by atoms with E-state index in [1.165, 1.54) is 0 Å². The molecule has 0 aliphatic carbocycles. The molecule has 0 heterocycles. The first-order chi connectivity index (χ1) is 2.56. The molecule has 0 bridgehead atoms. The van der Waals surface area contributed by atoms with Gasteiger partial charge in [0.25, 0.3) is 0 Å². The summed E-state index contributed by atoms with van der Waals surface area (Å²) in [7, 11) is -4.59. The van der Waals surface area contributed by atoms with E-state index in [1.54, 1.807) is 0 Å². The van der Waals surface area contributed by atoms with Gasteiger partial charge in [-0.25, -0.2) is 9.82 Å². The number of hydrogen-bond acceptors (Lipinski definition) is 3. The number of phosphoric acid groups is 1. The summed E-state index contributed by atoms with van der Waals surface area (Å²) in [5.74, 6) is 0. The molecule has 0 amide bonds. The quantitative estimate of drug-likeness (QED) is 0.278. The summed E-state index contributed by atoms with van der Waals surface area (Å²) in [6.45, 7) is 0. The van der Waals surface area contributed by atoms with Gasteiger partial charge in [-0.1, -0.05) is 0 Å². The third kappa shape index (κ3) is 10.8. The first kappa shape index (κ1) is 10.6. The molecule has 0 aromatic rings. The van der Waals surface area contributed by atoms with Crippen LogP contribution in [-0.2, 0) is 27.8 Å². The van der Waals surface area contributed by atoms with Crippen molar-refractivity contribution in [3.05, 3.63) is 0 Å². The normalized spacial score (nSPS) is 10.1. The SMILES string of the molecule is O=P(O)(O)OO.[V]. The van der Waals surface area contributed by atoms with Gasteiger partial charge in [-0.2, -0.15) is 0 Å². The van der Waals surface area contributed by atoms with E-state index in [0.29, 0.717) is 0 Å². The van der Waals surface area contributed by atoms with Gasteiger partial charge in [-0.15, -0.1) is 4.67 Å². The van der Waals surface area contributed by atoms with E-state index in [2.05, 4.69) is 4.67 Å². The van der Waals surface area contributed by atoms with Crippen LogP contribution in [0.3, 0.4) is 0 Å². The van der Waals surface area contributed by atoms with Crippen LogP contribution in [-0.4, -0.2) is 15.0 Å². The zero-order chi connectivity index (χ0) is 5.21. The third-order valence-corrected chi connectivity index (χ3v) is 0.319. The summed E-state index contributed by atoms with van der Waals surface area (Å²) in [6, 6.07) is 0. The Labute approximate surface area is 51.4 Å². The van der Waals surface area contributed by atoms with Gasteiger partial charge in [0.15, 0.2) is 0 Å². The number of hydrogen-bond donors (Lipinski definition) is 3. The summed E-state index contributed by atoms with van der Waals surface area (Å²) in [6.07, 6.45) is 0. The fourth-order valence-electron chi connectivity index (χ4n) is 0. The second-order valence-corrected chi connectivity index (χ2v) is 1.72. The van der Waals surface area contributed by atoms with Crippen molar-refractivity contribution in [2.75, 3.05) is 0 Å². The molecule has 0 saturated heterocycles. The minimum atomic E-state index is -4.59. The van der Waals surface area contributed by atoms with Crippen LogP contribution in [0.15, 0.2) is 0 Å². The Morgan fingerprint density at radius 3 is 1.57 bits per heavy atom. The molecule has 0 unspecified atom stereocenters. The summed E-state index contributed by atoms with van der Waals surface area (Å²) >= 11 is 0. The molecular weight excluding hydrogens is 162 g/mol. The maximum Gasteiger partial charge on any atom is 0.496 e. The topological polar surface area (TPSA) is 87.0 Å². The number of rotatable bonds is 1. The van der Waals surface area contributed by atoms with Gasteiger partial charge in [0.05, 0.1) is 0 Å². The van der Waals surface area contributed by atoms with Gasteiger partial charge >= 0.3 is 7.82 Å². The fourth-order valence-corrected chi connectivity index (χ4v) is 0. The molecule has 0 aliphatic heterocycles. The van der Waals surface area contributed by atoms with Crippen LogP contribution >= 0.6 is 7.82 Å². The first-order valence-electron chi connectivity index (χ1n) is 0.948. The van der Waals surface area contributed by atoms with Crippen molar-refractivity contribution >= 4 is 7.82 Å². The van der Waals surface area contributed by atoms with Gasteiger partial charge in [0.1, 0.15) is 0 Å². The van der Waals surface area contributed by atoms with Crippen LogP contribution < -0.4 is 0 Å². The smallest absolute Gasteiger partial charge is 0.301 e. The van der Waals surface area contributed by atoms with Gasteiger partial charge in [0.2, 0.25) is 0 Å². The van der Waals surface area contributed by atoms with Crippen molar-refractivity contribution in [1.82, 2.24) is 0 Å². The molecule has 5 nitrogen and oxygen atoms in total. The third-order valence-electron chi connectivity index (χ3n) is 0.106. The maximum absolute atomic E-state index is 9.22. The van der Waals surface area contributed by atoms with E-state index in [0.717, 1.165) is 0 Å². The Morgan fingerprint density at radius 2 is 1.57 bits per heavy atom. The van der Waals surface area contributed by atoms with Gasteiger partial charge in [-0.05, 0) is 0 Å². The summed E-state index contributed by atoms with van der Waals surface area (Å²) in [4.78, 5) is 14.9. The molecule has 0 spiro atoms. The minimum Gasteiger partial charge on any atom is -0.301 e. The van der Waals surface area contributed by atoms with E-state index in [1.807, 2.05) is 0 Å².